The summed E-state index contributed by atoms with van der Waals surface area (Å²) in [6, 6.07) is 10.4. The number of rotatable bonds is 6. The molecule has 0 unspecified atom stereocenters. The molecule has 11 heteroatoms. The Kier molecular flexibility index (Phi) is 6.04. The topological polar surface area (TPSA) is 116 Å². The average molecular weight is 448 g/mol. The maximum absolute atomic E-state index is 11.2. The number of anilines is 1. The summed E-state index contributed by atoms with van der Waals surface area (Å²) < 4.78 is 1.95. The second-order valence-electron chi connectivity index (χ2n) is 6.38. The van der Waals surface area contributed by atoms with Gasteiger partial charge in [0, 0.05) is 38.8 Å². The van der Waals surface area contributed by atoms with Crippen molar-refractivity contribution in [2.45, 2.75) is 13.8 Å². The van der Waals surface area contributed by atoms with Gasteiger partial charge in [0.05, 0.1) is 22.1 Å². The standard InChI is InChI=1S/C19H15Cl2N5O4/c1-11-5-13(12(2)24(11)17-7-14(20)6-15(21)8-17)10-22-23-18-4-3-16(25(27)28)9-19(18)26(29)30/h3-10,23H,1-2H3/b22-10-. The van der Waals surface area contributed by atoms with E-state index in [1.165, 1.54) is 18.3 Å². The Hall–Kier alpha value is -3.43. The van der Waals surface area contributed by atoms with E-state index in [0.29, 0.717) is 10.0 Å². The predicted molar refractivity (Wildman–Crippen MR) is 116 cm³/mol. The van der Waals surface area contributed by atoms with Gasteiger partial charge in [-0.3, -0.25) is 25.7 Å². The van der Waals surface area contributed by atoms with Crippen molar-refractivity contribution in [1.82, 2.24) is 4.57 Å². The molecule has 1 heterocycles. The van der Waals surface area contributed by atoms with E-state index in [1.807, 2.05) is 24.5 Å². The first-order valence-corrected chi connectivity index (χ1v) is 9.30. The fourth-order valence-corrected chi connectivity index (χ4v) is 3.55. The summed E-state index contributed by atoms with van der Waals surface area (Å²) in [7, 11) is 0. The number of nitro benzene ring substituents is 2. The normalized spacial score (nSPS) is 11.1. The molecule has 0 fully saturated rings. The zero-order valence-electron chi connectivity index (χ0n) is 15.8. The maximum atomic E-state index is 11.2. The molecule has 3 aromatic rings. The molecule has 0 aliphatic rings. The van der Waals surface area contributed by atoms with E-state index in [0.717, 1.165) is 28.7 Å². The number of halogens is 2. The summed E-state index contributed by atoms with van der Waals surface area (Å²) in [5.74, 6) is 0. The molecular formula is C19H15Cl2N5O4. The summed E-state index contributed by atoms with van der Waals surface area (Å²) in [6.45, 7) is 3.80. The highest BCUT2D eigenvalue weighted by Crippen LogP contribution is 2.29. The Bertz CT molecular complexity index is 1170. The lowest BCUT2D eigenvalue weighted by molar-refractivity contribution is -0.393. The highest BCUT2D eigenvalue weighted by Gasteiger charge is 2.19. The number of nitrogens with zero attached hydrogens (tertiary/aromatic N) is 4. The molecule has 0 aliphatic carbocycles. The third-order valence-electron chi connectivity index (χ3n) is 4.35. The number of aromatic nitrogens is 1. The third kappa shape index (κ3) is 4.42. The minimum Gasteiger partial charge on any atom is -0.318 e. The fraction of sp³-hybridized carbons (Fsp3) is 0.105. The van der Waals surface area contributed by atoms with E-state index in [1.54, 1.807) is 18.2 Å². The van der Waals surface area contributed by atoms with Crippen LogP contribution < -0.4 is 5.43 Å². The van der Waals surface area contributed by atoms with E-state index in [4.69, 9.17) is 23.2 Å². The van der Waals surface area contributed by atoms with Gasteiger partial charge in [-0.25, -0.2) is 0 Å². The molecule has 1 N–H and O–H groups in total. The second kappa shape index (κ2) is 8.52. The molecule has 0 bridgehead atoms. The van der Waals surface area contributed by atoms with Gasteiger partial charge in [0.25, 0.3) is 5.69 Å². The van der Waals surface area contributed by atoms with Gasteiger partial charge in [-0.15, -0.1) is 0 Å². The molecule has 0 amide bonds. The molecule has 30 heavy (non-hydrogen) atoms. The fourth-order valence-electron chi connectivity index (χ4n) is 3.03. The highest BCUT2D eigenvalue weighted by molar-refractivity contribution is 6.34. The zero-order chi connectivity index (χ0) is 22.0. The van der Waals surface area contributed by atoms with Crippen LogP contribution in [0.4, 0.5) is 17.1 Å². The molecule has 0 saturated carbocycles. The van der Waals surface area contributed by atoms with Crippen molar-refractivity contribution in [3.63, 3.8) is 0 Å². The number of aryl methyl sites for hydroxylation is 1. The van der Waals surface area contributed by atoms with Gasteiger partial charge in [-0.05, 0) is 44.2 Å². The minimum absolute atomic E-state index is 0.0391. The van der Waals surface area contributed by atoms with Gasteiger partial charge in [0.15, 0.2) is 0 Å². The first-order chi connectivity index (χ1) is 14.2. The van der Waals surface area contributed by atoms with Crippen LogP contribution in [0, 0.1) is 34.1 Å². The summed E-state index contributed by atoms with van der Waals surface area (Å²) in [5.41, 5.74) is 5.12. The molecule has 9 nitrogen and oxygen atoms in total. The minimum atomic E-state index is -0.709. The molecule has 1 aromatic heterocycles. The van der Waals surface area contributed by atoms with Crippen molar-refractivity contribution in [2.24, 2.45) is 5.10 Å². The lowest BCUT2D eigenvalue weighted by atomic mass is 10.2. The van der Waals surface area contributed by atoms with E-state index in [9.17, 15) is 20.2 Å². The van der Waals surface area contributed by atoms with Gasteiger partial charge in [-0.1, -0.05) is 23.2 Å². The lowest BCUT2D eigenvalue weighted by Gasteiger charge is -2.10. The second-order valence-corrected chi connectivity index (χ2v) is 7.25. The average Bonchev–Trinajstić information content (AvgIpc) is 2.94. The van der Waals surface area contributed by atoms with Crippen LogP contribution in [0.2, 0.25) is 10.0 Å². The van der Waals surface area contributed by atoms with Crippen LogP contribution in [0.15, 0.2) is 47.6 Å². The Morgan fingerprint density at radius 2 is 1.67 bits per heavy atom. The third-order valence-corrected chi connectivity index (χ3v) is 4.79. The number of nitrogens with one attached hydrogen (secondary N) is 1. The van der Waals surface area contributed by atoms with Crippen molar-refractivity contribution in [2.75, 3.05) is 5.43 Å². The monoisotopic (exact) mass is 447 g/mol. The van der Waals surface area contributed by atoms with Crippen LogP contribution in [0.5, 0.6) is 0 Å². The number of benzene rings is 2. The van der Waals surface area contributed by atoms with E-state index < -0.39 is 15.5 Å². The molecule has 0 saturated heterocycles. The van der Waals surface area contributed by atoms with Crippen LogP contribution in [0.3, 0.4) is 0 Å². The summed E-state index contributed by atoms with van der Waals surface area (Å²) in [4.78, 5) is 20.6. The molecule has 3 rings (SSSR count). The number of nitro groups is 2. The van der Waals surface area contributed by atoms with Crippen LogP contribution in [0.25, 0.3) is 5.69 Å². The maximum Gasteiger partial charge on any atom is 0.301 e. The van der Waals surface area contributed by atoms with Crippen LogP contribution in [-0.2, 0) is 0 Å². The van der Waals surface area contributed by atoms with Crippen LogP contribution in [0.1, 0.15) is 17.0 Å². The Morgan fingerprint density at radius 1 is 1.00 bits per heavy atom. The quantitative estimate of drug-likeness (QED) is 0.297. The number of hydrazone groups is 1. The van der Waals surface area contributed by atoms with Gasteiger partial charge in [0.1, 0.15) is 5.69 Å². The largest absolute Gasteiger partial charge is 0.318 e. The predicted octanol–water partition coefficient (Wildman–Crippen LogP) is 5.66. The van der Waals surface area contributed by atoms with E-state index in [2.05, 4.69) is 10.5 Å². The molecule has 0 aliphatic heterocycles. The molecular weight excluding hydrogens is 433 g/mol. The van der Waals surface area contributed by atoms with Crippen molar-refractivity contribution in [3.05, 3.63) is 89.7 Å². The van der Waals surface area contributed by atoms with Gasteiger partial charge >= 0.3 is 5.69 Å². The Morgan fingerprint density at radius 3 is 2.27 bits per heavy atom. The van der Waals surface area contributed by atoms with Gasteiger partial charge < -0.3 is 4.57 Å². The van der Waals surface area contributed by atoms with E-state index in [-0.39, 0.29) is 11.4 Å². The number of non-ortho nitro benzene ring substituents is 1. The molecule has 154 valence electrons. The van der Waals surface area contributed by atoms with Crippen molar-refractivity contribution < 1.29 is 9.85 Å². The number of hydrogen-bond acceptors (Lipinski definition) is 6. The summed E-state index contributed by atoms with van der Waals surface area (Å²) in [5, 5.41) is 27.1. The van der Waals surface area contributed by atoms with Gasteiger partial charge in [0.2, 0.25) is 0 Å². The van der Waals surface area contributed by atoms with Crippen molar-refractivity contribution >= 4 is 46.5 Å². The van der Waals surface area contributed by atoms with Crippen molar-refractivity contribution in [3.8, 4) is 5.69 Å². The molecule has 2 aromatic carbocycles. The zero-order valence-corrected chi connectivity index (χ0v) is 17.3. The summed E-state index contributed by atoms with van der Waals surface area (Å²) >= 11 is 12.2. The Balaban J connectivity index is 1.89. The van der Waals surface area contributed by atoms with Gasteiger partial charge in [-0.2, -0.15) is 5.10 Å². The van der Waals surface area contributed by atoms with Crippen molar-refractivity contribution in [1.29, 1.82) is 0 Å². The molecule has 0 radical (unpaired) electrons. The van der Waals surface area contributed by atoms with Crippen LogP contribution >= 0.6 is 23.2 Å². The first kappa shape index (κ1) is 21.3. The van der Waals surface area contributed by atoms with E-state index >= 15 is 0 Å². The summed E-state index contributed by atoms with van der Waals surface area (Å²) in [6.07, 6.45) is 1.51. The Labute approximate surface area is 180 Å². The smallest absolute Gasteiger partial charge is 0.301 e. The highest BCUT2D eigenvalue weighted by atomic mass is 35.5. The SMILES string of the molecule is Cc1cc(/C=N\Nc2ccc([N+](=O)[O-])cc2[N+](=O)[O-])c(C)n1-c1cc(Cl)cc(Cl)c1. The van der Waals surface area contributed by atoms with Crippen LogP contribution in [-0.4, -0.2) is 20.6 Å². The lowest BCUT2D eigenvalue weighted by Crippen LogP contribution is -2.00. The first-order valence-electron chi connectivity index (χ1n) is 8.54. The molecule has 0 atom stereocenters. The number of hydrogen-bond donors (Lipinski definition) is 1. The molecule has 0 spiro atoms.